The molecule has 0 aliphatic carbocycles. The Balaban J connectivity index is 2.42. The van der Waals surface area contributed by atoms with Crippen LogP contribution in [0.4, 0.5) is 0 Å². The first-order chi connectivity index (χ1) is 8.11. The number of hydrogen-bond acceptors (Lipinski definition) is 1. The highest BCUT2D eigenvalue weighted by molar-refractivity contribution is 9.10. The van der Waals surface area contributed by atoms with Crippen LogP contribution in [0.25, 0.3) is 0 Å². The summed E-state index contributed by atoms with van der Waals surface area (Å²) in [6.07, 6.45) is 3.66. The fourth-order valence-electron chi connectivity index (χ4n) is 2.15. The van der Waals surface area contributed by atoms with Crippen molar-refractivity contribution in [2.24, 2.45) is 5.92 Å². The van der Waals surface area contributed by atoms with Crippen LogP contribution >= 0.6 is 15.9 Å². The van der Waals surface area contributed by atoms with Crippen molar-refractivity contribution in [2.45, 2.75) is 46.1 Å². The lowest BCUT2D eigenvalue weighted by atomic mass is 9.97. The molecule has 0 aromatic heterocycles. The first-order valence-electron chi connectivity index (χ1n) is 6.59. The molecule has 17 heavy (non-hydrogen) atoms. The van der Waals surface area contributed by atoms with Gasteiger partial charge in [0.2, 0.25) is 0 Å². The number of aryl methyl sites for hydroxylation is 1. The lowest BCUT2D eigenvalue weighted by molar-refractivity contribution is 0.405. The third kappa shape index (κ3) is 6.23. The summed E-state index contributed by atoms with van der Waals surface area (Å²) in [6.45, 7) is 7.85. The molecule has 0 saturated carbocycles. The standard InChI is InChI=1S/C15H24BrN/c1-4-17-15(11-12(2)3)10-7-13-5-8-14(16)9-6-13/h5-6,8-9,12,15,17H,4,7,10-11H2,1-3H3. The molecule has 0 radical (unpaired) electrons. The average Bonchev–Trinajstić information content (AvgIpc) is 2.27. The largest absolute Gasteiger partial charge is 0.314 e. The summed E-state index contributed by atoms with van der Waals surface area (Å²) in [5.74, 6) is 0.768. The van der Waals surface area contributed by atoms with Crippen molar-refractivity contribution in [3.63, 3.8) is 0 Å². The van der Waals surface area contributed by atoms with Gasteiger partial charge in [-0.1, -0.05) is 48.8 Å². The quantitative estimate of drug-likeness (QED) is 0.786. The predicted molar refractivity (Wildman–Crippen MR) is 79.4 cm³/mol. The molecule has 1 N–H and O–H groups in total. The molecule has 1 rings (SSSR count). The summed E-state index contributed by atoms with van der Waals surface area (Å²) in [7, 11) is 0. The van der Waals surface area contributed by atoms with Crippen molar-refractivity contribution in [3.05, 3.63) is 34.3 Å². The lowest BCUT2D eigenvalue weighted by Gasteiger charge is -2.19. The molecule has 0 saturated heterocycles. The van der Waals surface area contributed by atoms with E-state index in [1.54, 1.807) is 0 Å². The molecule has 0 amide bonds. The summed E-state index contributed by atoms with van der Waals surface area (Å²) in [6, 6.07) is 9.33. The van der Waals surface area contributed by atoms with Gasteiger partial charge in [0, 0.05) is 10.5 Å². The van der Waals surface area contributed by atoms with E-state index >= 15 is 0 Å². The zero-order chi connectivity index (χ0) is 12.7. The van der Waals surface area contributed by atoms with Crippen LogP contribution in [0.5, 0.6) is 0 Å². The maximum absolute atomic E-state index is 3.59. The number of nitrogens with one attached hydrogen (secondary N) is 1. The van der Waals surface area contributed by atoms with E-state index in [0.717, 1.165) is 23.4 Å². The molecule has 0 aliphatic heterocycles. The van der Waals surface area contributed by atoms with Gasteiger partial charge in [0.1, 0.15) is 0 Å². The minimum absolute atomic E-state index is 0.656. The minimum atomic E-state index is 0.656. The Morgan fingerprint density at radius 2 is 1.82 bits per heavy atom. The van der Waals surface area contributed by atoms with E-state index in [4.69, 9.17) is 0 Å². The highest BCUT2D eigenvalue weighted by Gasteiger charge is 2.09. The Hall–Kier alpha value is -0.340. The lowest BCUT2D eigenvalue weighted by Crippen LogP contribution is -2.30. The van der Waals surface area contributed by atoms with Gasteiger partial charge in [-0.05, 0) is 49.4 Å². The molecule has 2 heteroatoms. The Labute approximate surface area is 114 Å². The van der Waals surface area contributed by atoms with Crippen LogP contribution < -0.4 is 5.32 Å². The van der Waals surface area contributed by atoms with E-state index in [9.17, 15) is 0 Å². The van der Waals surface area contributed by atoms with Crippen LogP contribution in [0.15, 0.2) is 28.7 Å². The second-order valence-corrected chi connectivity index (χ2v) is 5.96. The second-order valence-electron chi connectivity index (χ2n) is 5.05. The van der Waals surface area contributed by atoms with Gasteiger partial charge in [-0.3, -0.25) is 0 Å². The van der Waals surface area contributed by atoms with Crippen molar-refractivity contribution in [2.75, 3.05) is 6.54 Å². The van der Waals surface area contributed by atoms with Crippen molar-refractivity contribution < 1.29 is 0 Å². The monoisotopic (exact) mass is 297 g/mol. The van der Waals surface area contributed by atoms with E-state index < -0.39 is 0 Å². The number of benzene rings is 1. The third-order valence-corrected chi connectivity index (χ3v) is 3.47. The van der Waals surface area contributed by atoms with Gasteiger partial charge in [0.25, 0.3) is 0 Å². The third-order valence-electron chi connectivity index (χ3n) is 2.94. The van der Waals surface area contributed by atoms with Gasteiger partial charge in [-0.2, -0.15) is 0 Å². The van der Waals surface area contributed by atoms with Crippen LogP contribution in [0, 0.1) is 5.92 Å². The van der Waals surface area contributed by atoms with Crippen LogP contribution in [-0.4, -0.2) is 12.6 Å². The SMILES string of the molecule is CCNC(CCc1ccc(Br)cc1)CC(C)C. The molecule has 1 nitrogen and oxygen atoms in total. The van der Waals surface area contributed by atoms with Crippen LogP contribution in [0.1, 0.15) is 39.2 Å². The van der Waals surface area contributed by atoms with Gasteiger partial charge in [-0.25, -0.2) is 0 Å². The topological polar surface area (TPSA) is 12.0 Å². The molecule has 0 bridgehead atoms. The Kier molecular flexibility index (Phi) is 6.83. The predicted octanol–water partition coefficient (Wildman–Crippen LogP) is 4.41. The molecule has 0 spiro atoms. The summed E-state index contributed by atoms with van der Waals surface area (Å²) in [5.41, 5.74) is 1.43. The summed E-state index contributed by atoms with van der Waals surface area (Å²) in [4.78, 5) is 0. The number of hydrogen-bond donors (Lipinski definition) is 1. The van der Waals surface area contributed by atoms with Crippen LogP contribution in [0.2, 0.25) is 0 Å². The van der Waals surface area contributed by atoms with E-state index in [2.05, 4.69) is 66.3 Å². The molecule has 1 unspecified atom stereocenters. The van der Waals surface area contributed by atoms with Crippen molar-refractivity contribution in [1.82, 2.24) is 5.32 Å². The molecule has 96 valence electrons. The average molecular weight is 298 g/mol. The first kappa shape index (κ1) is 14.7. The van der Waals surface area contributed by atoms with E-state index in [1.807, 2.05) is 0 Å². The van der Waals surface area contributed by atoms with Crippen LogP contribution in [0.3, 0.4) is 0 Å². The molecule has 0 aliphatic rings. The fraction of sp³-hybridized carbons (Fsp3) is 0.600. The first-order valence-corrected chi connectivity index (χ1v) is 7.39. The maximum Gasteiger partial charge on any atom is 0.0175 e. The second kappa shape index (κ2) is 7.88. The highest BCUT2D eigenvalue weighted by Crippen LogP contribution is 2.14. The van der Waals surface area contributed by atoms with Crippen molar-refractivity contribution in [1.29, 1.82) is 0 Å². The number of halogens is 1. The normalized spacial score (nSPS) is 13.0. The molecule has 1 aromatic carbocycles. The molecule has 1 atom stereocenters. The van der Waals surface area contributed by atoms with E-state index in [1.165, 1.54) is 18.4 Å². The van der Waals surface area contributed by atoms with Crippen molar-refractivity contribution in [3.8, 4) is 0 Å². The maximum atomic E-state index is 3.59. The van der Waals surface area contributed by atoms with E-state index in [-0.39, 0.29) is 0 Å². The Morgan fingerprint density at radius 1 is 1.18 bits per heavy atom. The molecule has 0 heterocycles. The molecular weight excluding hydrogens is 274 g/mol. The van der Waals surface area contributed by atoms with Gasteiger partial charge >= 0.3 is 0 Å². The summed E-state index contributed by atoms with van der Waals surface area (Å²) in [5, 5.41) is 3.59. The molecule has 0 fully saturated rings. The van der Waals surface area contributed by atoms with Gasteiger partial charge in [-0.15, -0.1) is 0 Å². The van der Waals surface area contributed by atoms with E-state index in [0.29, 0.717) is 6.04 Å². The zero-order valence-electron chi connectivity index (χ0n) is 11.2. The molecular formula is C15H24BrN. The van der Waals surface area contributed by atoms with Crippen molar-refractivity contribution >= 4 is 15.9 Å². The molecule has 1 aromatic rings. The zero-order valence-corrected chi connectivity index (χ0v) is 12.8. The van der Waals surface area contributed by atoms with Gasteiger partial charge in [0.15, 0.2) is 0 Å². The minimum Gasteiger partial charge on any atom is -0.314 e. The van der Waals surface area contributed by atoms with Gasteiger partial charge < -0.3 is 5.32 Å². The summed E-state index contributed by atoms with van der Waals surface area (Å²) >= 11 is 3.47. The number of rotatable bonds is 7. The fourth-order valence-corrected chi connectivity index (χ4v) is 2.42. The highest BCUT2D eigenvalue weighted by atomic mass is 79.9. The Bertz CT molecular complexity index is 305. The van der Waals surface area contributed by atoms with Gasteiger partial charge in [0.05, 0.1) is 0 Å². The Morgan fingerprint density at radius 3 is 2.35 bits per heavy atom. The smallest absolute Gasteiger partial charge is 0.0175 e. The summed E-state index contributed by atoms with van der Waals surface area (Å²) < 4.78 is 1.16. The van der Waals surface area contributed by atoms with Crippen LogP contribution in [-0.2, 0) is 6.42 Å².